The number of ether oxygens (including phenoxy) is 2. The standard InChI is InChI=1S/C22H23N3O3/c1-24(2)21(17-8-9-19-20(11-17)28-14-27-19)22(26)25(3)13-15-10-16-6-4-5-7-18(16)23-12-15/h4-12,21H,13-14H2,1-3H3/t21-/m1/s1. The van der Waals surface area contributed by atoms with Gasteiger partial charge in [-0.3, -0.25) is 14.7 Å². The van der Waals surface area contributed by atoms with Crippen molar-refractivity contribution >= 4 is 16.8 Å². The summed E-state index contributed by atoms with van der Waals surface area (Å²) < 4.78 is 10.8. The van der Waals surface area contributed by atoms with Crippen LogP contribution in [0, 0.1) is 0 Å². The van der Waals surface area contributed by atoms with E-state index in [1.54, 1.807) is 4.90 Å². The molecule has 6 nitrogen and oxygen atoms in total. The monoisotopic (exact) mass is 377 g/mol. The second-order valence-corrected chi connectivity index (χ2v) is 7.21. The number of pyridine rings is 1. The number of fused-ring (bicyclic) bond motifs is 2. The van der Waals surface area contributed by atoms with Crippen LogP contribution >= 0.6 is 0 Å². The molecule has 1 amide bonds. The lowest BCUT2D eigenvalue weighted by molar-refractivity contribution is -0.135. The third-order valence-electron chi connectivity index (χ3n) is 4.91. The number of rotatable bonds is 5. The highest BCUT2D eigenvalue weighted by Crippen LogP contribution is 2.35. The van der Waals surface area contributed by atoms with Crippen LogP contribution in [0.15, 0.2) is 54.7 Å². The van der Waals surface area contributed by atoms with Crippen LogP contribution in [0.5, 0.6) is 11.5 Å². The maximum Gasteiger partial charge on any atom is 0.244 e. The molecule has 1 aliphatic heterocycles. The third kappa shape index (κ3) is 3.51. The Balaban J connectivity index is 1.56. The summed E-state index contributed by atoms with van der Waals surface area (Å²) in [5, 5.41) is 1.07. The molecule has 0 N–H and O–H groups in total. The lowest BCUT2D eigenvalue weighted by Gasteiger charge is -2.29. The molecule has 0 fully saturated rings. The Labute approximate surface area is 164 Å². The highest BCUT2D eigenvalue weighted by Gasteiger charge is 2.28. The predicted octanol–water partition coefficient (Wildman–Crippen LogP) is 3.22. The van der Waals surface area contributed by atoms with E-state index < -0.39 is 6.04 Å². The summed E-state index contributed by atoms with van der Waals surface area (Å²) >= 11 is 0. The van der Waals surface area contributed by atoms with Gasteiger partial charge in [0.25, 0.3) is 0 Å². The molecule has 0 unspecified atom stereocenters. The van der Waals surface area contributed by atoms with E-state index in [2.05, 4.69) is 11.1 Å². The van der Waals surface area contributed by atoms with Crippen molar-refractivity contribution in [3.8, 4) is 11.5 Å². The van der Waals surface area contributed by atoms with Crippen LogP contribution in [0.25, 0.3) is 10.9 Å². The summed E-state index contributed by atoms with van der Waals surface area (Å²) in [4.78, 5) is 21.4. The average molecular weight is 377 g/mol. The van der Waals surface area contributed by atoms with Crippen molar-refractivity contribution < 1.29 is 14.3 Å². The van der Waals surface area contributed by atoms with E-state index in [4.69, 9.17) is 9.47 Å². The maximum atomic E-state index is 13.2. The lowest BCUT2D eigenvalue weighted by atomic mass is 10.0. The number of para-hydroxylation sites is 1. The fourth-order valence-electron chi connectivity index (χ4n) is 3.51. The molecule has 0 aliphatic carbocycles. The van der Waals surface area contributed by atoms with Gasteiger partial charge in [-0.1, -0.05) is 24.3 Å². The quantitative estimate of drug-likeness (QED) is 0.683. The molecule has 144 valence electrons. The molecule has 2 aromatic carbocycles. The van der Waals surface area contributed by atoms with Crippen molar-refractivity contribution in [2.75, 3.05) is 27.9 Å². The van der Waals surface area contributed by atoms with E-state index in [0.717, 1.165) is 22.0 Å². The Kier molecular flexibility index (Phi) is 4.88. The van der Waals surface area contributed by atoms with Gasteiger partial charge in [0.15, 0.2) is 11.5 Å². The SMILES string of the molecule is CN(Cc1cnc2ccccc2c1)C(=O)[C@@H](c1ccc2c(c1)OCO2)N(C)C. The van der Waals surface area contributed by atoms with E-state index in [9.17, 15) is 4.79 Å². The fourth-order valence-corrected chi connectivity index (χ4v) is 3.51. The van der Waals surface area contributed by atoms with Crippen LogP contribution in [0.2, 0.25) is 0 Å². The number of carbonyl (C=O) groups excluding carboxylic acids is 1. The number of aromatic nitrogens is 1. The first-order valence-corrected chi connectivity index (χ1v) is 9.17. The Morgan fingerprint density at radius 3 is 2.68 bits per heavy atom. The zero-order chi connectivity index (χ0) is 19.7. The number of nitrogens with zero attached hydrogens (tertiary/aromatic N) is 3. The lowest BCUT2D eigenvalue weighted by Crippen LogP contribution is -2.38. The van der Waals surface area contributed by atoms with Crippen molar-refractivity contribution in [3.05, 3.63) is 65.9 Å². The highest BCUT2D eigenvalue weighted by molar-refractivity contribution is 5.84. The minimum Gasteiger partial charge on any atom is -0.454 e. The van der Waals surface area contributed by atoms with Gasteiger partial charge in [0, 0.05) is 25.2 Å². The molecule has 0 spiro atoms. The van der Waals surface area contributed by atoms with Gasteiger partial charge in [-0.15, -0.1) is 0 Å². The van der Waals surface area contributed by atoms with Gasteiger partial charge in [-0.25, -0.2) is 0 Å². The summed E-state index contributed by atoms with van der Waals surface area (Å²) in [6, 6.07) is 15.3. The van der Waals surface area contributed by atoms with Gasteiger partial charge in [0.05, 0.1) is 5.52 Å². The second-order valence-electron chi connectivity index (χ2n) is 7.21. The van der Waals surface area contributed by atoms with Gasteiger partial charge in [0.2, 0.25) is 12.7 Å². The second kappa shape index (κ2) is 7.48. The first-order chi connectivity index (χ1) is 13.5. The maximum absolute atomic E-state index is 13.2. The minimum absolute atomic E-state index is 0.0111. The predicted molar refractivity (Wildman–Crippen MR) is 107 cm³/mol. The molecular weight excluding hydrogens is 354 g/mol. The fraction of sp³-hybridized carbons (Fsp3) is 0.273. The number of likely N-dealkylation sites (N-methyl/N-ethyl adjacent to an activating group) is 2. The van der Waals surface area contributed by atoms with Crippen molar-refractivity contribution in [2.24, 2.45) is 0 Å². The van der Waals surface area contributed by atoms with Crippen LogP contribution in [0.1, 0.15) is 17.2 Å². The van der Waals surface area contributed by atoms with Gasteiger partial charge in [0.1, 0.15) is 6.04 Å². The first kappa shape index (κ1) is 18.3. The average Bonchev–Trinajstić information content (AvgIpc) is 3.15. The zero-order valence-corrected chi connectivity index (χ0v) is 16.3. The largest absolute Gasteiger partial charge is 0.454 e. The molecule has 1 aromatic heterocycles. The Morgan fingerprint density at radius 1 is 1.07 bits per heavy atom. The third-order valence-corrected chi connectivity index (χ3v) is 4.91. The number of amides is 1. The van der Waals surface area contributed by atoms with E-state index in [0.29, 0.717) is 18.0 Å². The molecule has 0 radical (unpaired) electrons. The summed E-state index contributed by atoms with van der Waals surface area (Å²) in [5.74, 6) is 1.40. The molecule has 1 aliphatic rings. The number of carbonyl (C=O) groups is 1. The van der Waals surface area contributed by atoms with Crippen LogP contribution in [0.4, 0.5) is 0 Å². The van der Waals surface area contributed by atoms with Crippen LogP contribution < -0.4 is 9.47 Å². The van der Waals surface area contributed by atoms with Gasteiger partial charge in [-0.2, -0.15) is 0 Å². The molecule has 2 heterocycles. The van der Waals surface area contributed by atoms with E-state index in [1.807, 2.05) is 74.7 Å². The van der Waals surface area contributed by atoms with E-state index in [-0.39, 0.29) is 12.7 Å². The molecule has 0 saturated carbocycles. The van der Waals surface area contributed by atoms with Crippen molar-refractivity contribution in [1.29, 1.82) is 0 Å². The van der Waals surface area contributed by atoms with Crippen LogP contribution in [-0.4, -0.2) is 48.6 Å². The highest BCUT2D eigenvalue weighted by atomic mass is 16.7. The molecule has 3 aromatic rings. The van der Waals surface area contributed by atoms with Gasteiger partial charge >= 0.3 is 0 Å². The normalized spacial score (nSPS) is 13.7. The van der Waals surface area contributed by atoms with Crippen molar-refractivity contribution in [2.45, 2.75) is 12.6 Å². The summed E-state index contributed by atoms with van der Waals surface area (Å²) in [6.07, 6.45) is 1.83. The Hall–Kier alpha value is -3.12. The molecular formula is C22H23N3O3. The first-order valence-electron chi connectivity index (χ1n) is 9.17. The number of hydrogen-bond acceptors (Lipinski definition) is 5. The van der Waals surface area contributed by atoms with Crippen LogP contribution in [-0.2, 0) is 11.3 Å². The Bertz CT molecular complexity index is 1020. The Morgan fingerprint density at radius 2 is 1.86 bits per heavy atom. The molecule has 0 bridgehead atoms. The smallest absolute Gasteiger partial charge is 0.244 e. The van der Waals surface area contributed by atoms with Gasteiger partial charge in [-0.05, 0) is 49.5 Å². The molecule has 0 saturated heterocycles. The summed E-state index contributed by atoms with van der Waals surface area (Å²) in [7, 11) is 5.62. The van der Waals surface area contributed by atoms with Crippen LogP contribution in [0.3, 0.4) is 0 Å². The topological polar surface area (TPSA) is 54.9 Å². The molecule has 1 atom stereocenters. The summed E-state index contributed by atoms with van der Waals surface area (Å²) in [5.41, 5.74) is 2.83. The minimum atomic E-state index is -0.409. The van der Waals surface area contributed by atoms with Gasteiger partial charge < -0.3 is 14.4 Å². The number of benzene rings is 2. The van der Waals surface area contributed by atoms with E-state index in [1.165, 1.54) is 0 Å². The molecule has 28 heavy (non-hydrogen) atoms. The zero-order valence-electron chi connectivity index (χ0n) is 16.3. The van der Waals surface area contributed by atoms with Crippen molar-refractivity contribution in [1.82, 2.24) is 14.8 Å². The summed E-state index contributed by atoms with van der Waals surface area (Å²) in [6.45, 7) is 0.708. The van der Waals surface area contributed by atoms with E-state index >= 15 is 0 Å². The van der Waals surface area contributed by atoms with Crippen molar-refractivity contribution in [3.63, 3.8) is 0 Å². The molecule has 4 rings (SSSR count). The number of hydrogen-bond donors (Lipinski definition) is 0. The molecule has 6 heteroatoms.